The molecule has 2 rings (SSSR count). The fraction of sp³-hybridized carbons (Fsp3) is 0.467. The number of aromatic nitrogens is 2. The summed E-state index contributed by atoms with van der Waals surface area (Å²) >= 11 is 0. The molecule has 120 valence electrons. The molecule has 0 spiro atoms. The Kier molecular flexibility index (Phi) is 5.60. The fourth-order valence-electron chi connectivity index (χ4n) is 2.19. The molecule has 0 fully saturated rings. The predicted octanol–water partition coefficient (Wildman–Crippen LogP) is 1.16. The molecule has 2 N–H and O–H groups in total. The molecule has 1 atom stereocenters. The van der Waals surface area contributed by atoms with E-state index in [1.807, 2.05) is 44.4 Å². The van der Waals surface area contributed by atoms with Gasteiger partial charge in [-0.3, -0.25) is 9.58 Å². The van der Waals surface area contributed by atoms with Gasteiger partial charge in [-0.2, -0.15) is 5.10 Å². The first kappa shape index (κ1) is 16.1. The third kappa shape index (κ3) is 4.63. The van der Waals surface area contributed by atoms with Crippen LogP contribution >= 0.6 is 0 Å². The van der Waals surface area contributed by atoms with Gasteiger partial charge in [-0.1, -0.05) is 0 Å². The van der Waals surface area contributed by atoms with Gasteiger partial charge in [0.2, 0.25) is 0 Å². The average Bonchev–Trinajstić information content (AvgIpc) is 3.11. The van der Waals surface area contributed by atoms with Crippen molar-refractivity contribution in [2.75, 3.05) is 27.2 Å². The summed E-state index contributed by atoms with van der Waals surface area (Å²) in [5.74, 6) is 0.834. The Morgan fingerprint density at radius 2 is 2.27 bits per heavy atom. The van der Waals surface area contributed by atoms with E-state index in [1.165, 1.54) is 0 Å². The number of carbonyl (C=O) groups excluding carboxylic acids is 1. The zero-order valence-corrected chi connectivity index (χ0v) is 13.2. The molecule has 2 aromatic heterocycles. The molecule has 0 aliphatic carbocycles. The van der Waals surface area contributed by atoms with E-state index in [9.17, 15) is 4.79 Å². The minimum atomic E-state index is -0.178. The lowest BCUT2D eigenvalue weighted by molar-refractivity contribution is 0.225. The highest BCUT2D eigenvalue weighted by Gasteiger charge is 2.17. The highest BCUT2D eigenvalue weighted by molar-refractivity contribution is 5.73. The molecule has 0 saturated carbocycles. The van der Waals surface area contributed by atoms with Crippen molar-refractivity contribution in [3.05, 3.63) is 42.1 Å². The smallest absolute Gasteiger partial charge is 0.314 e. The van der Waals surface area contributed by atoms with Gasteiger partial charge in [0.1, 0.15) is 5.76 Å². The van der Waals surface area contributed by atoms with Gasteiger partial charge >= 0.3 is 6.03 Å². The van der Waals surface area contributed by atoms with E-state index in [0.717, 1.165) is 17.7 Å². The number of aryl methyl sites for hydroxylation is 1. The summed E-state index contributed by atoms with van der Waals surface area (Å²) in [7, 11) is 5.78. The molecule has 0 bridgehead atoms. The minimum absolute atomic E-state index is 0.0130. The first-order valence-corrected chi connectivity index (χ1v) is 7.25. The molecule has 2 heterocycles. The Balaban J connectivity index is 1.72. The van der Waals surface area contributed by atoms with Gasteiger partial charge in [-0.05, 0) is 38.2 Å². The van der Waals surface area contributed by atoms with Crippen molar-refractivity contribution in [2.24, 2.45) is 7.05 Å². The van der Waals surface area contributed by atoms with Crippen LogP contribution < -0.4 is 10.6 Å². The molecular formula is C15H23N5O2. The fourth-order valence-corrected chi connectivity index (χ4v) is 2.19. The lowest BCUT2D eigenvalue weighted by Crippen LogP contribution is -2.41. The Bertz CT molecular complexity index is 577. The van der Waals surface area contributed by atoms with E-state index in [-0.39, 0.29) is 12.1 Å². The lowest BCUT2D eigenvalue weighted by atomic mass is 10.2. The zero-order chi connectivity index (χ0) is 15.9. The maximum absolute atomic E-state index is 11.8. The SMILES string of the molecule is CN(C)[C@@H](CNC(=O)NCCc1cnn(C)c1)c1ccco1. The monoisotopic (exact) mass is 305 g/mol. The van der Waals surface area contributed by atoms with Crippen molar-refractivity contribution in [3.8, 4) is 0 Å². The number of rotatable bonds is 7. The van der Waals surface area contributed by atoms with Crippen LogP contribution in [0.1, 0.15) is 17.4 Å². The number of hydrogen-bond acceptors (Lipinski definition) is 4. The molecule has 0 unspecified atom stereocenters. The summed E-state index contributed by atoms with van der Waals surface area (Å²) in [6, 6.07) is 3.59. The second-order valence-corrected chi connectivity index (χ2v) is 5.40. The van der Waals surface area contributed by atoms with Crippen molar-refractivity contribution in [1.82, 2.24) is 25.3 Å². The normalized spacial score (nSPS) is 12.4. The van der Waals surface area contributed by atoms with Crippen LogP contribution in [0.15, 0.2) is 35.2 Å². The third-order valence-corrected chi connectivity index (χ3v) is 3.41. The minimum Gasteiger partial charge on any atom is -0.468 e. The van der Waals surface area contributed by atoms with Crippen molar-refractivity contribution >= 4 is 6.03 Å². The van der Waals surface area contributed by atoms with Gasteiger partial charge in [0.05, 0.1) is 18.5 Å². The van der Waals surface area contributed by atoms with Crippen molar-refractivity contribution in [3.63, 3.8) is 0 Å². The highest BCUT2D eigenvalue weighted by atomic mass is 16.3. The summed E-state index contributed by atoms with van der Waals surface area (Å²) < 4.78 is 7.16. The maximum Gasteiger partial charge on any atom is 0.314 e. The Morgan fingerprint density at radius 1 is 1.45 bits per heavy atom. The molecular weight excluding hydrogens is 282 g/mol. The van der Waals surface area contributed by atoms with Gasteiger partial charge in [-0.15, -0.1) is 0 Å². The number of furan rings is 1. The number of amides is 2. The molecule has 7 heteroatoms. The standard InChI is InChI=1S/C15H23N5O2/c1-19(2)13(14-5-4-8-22-14)10-17-15(21)16-7-6-12-9-18-20(3)11-12/h4-5,8-9,11,13H,6-7,10H2,1-3H3,(H2,16,17,21)/t13-/m0/s1. The molecule has 2 amide bonds. The van der Waals surface area contributed by atoms with Crippen LogP contribution in [0.25, 0.3) is 0 Å². The first-order chi connectivity index (χ1) is 10.6. The number of likely N-dealkylation sites (N-methyl/N-ethyl adjacent to an activating group) is 1. The summed E-state index contributed by atoms with van der Waals surface area (Å²) in [4.78, 5) is 13.9. The third-order valence-electron chi connectivity index (χ3n) is 3.41. The molecule has 2 aromatic rings. The van der Waals surface area contributed by atoms with Gasteiger partial charge in [-0.25, -0.2) is 4.79 Å². The van der Waals surface area contributed by atoms with Crippen LogP contribution in [-0.2, 0) is 13.5 Å². The molecule has 0 aliphatic heterocycles. The van der Waals surface area contributed by atoms with E-state index in [2.05, 4.69) is 15.7 Å². The molecule has 0 aromatic carbocycles. The Labute approximate surface area is 130 Å². The van der Waals surface area contributed by atoms with Crippen LogP contribution in [0.2, 0.25) is 0 Å². The number of nitrogens with one attached hydrogen (secondary N) is 2. The molecule has 22 heavy (non-hydrogen) atoms. The van der Waals surface area contributed by atoms with Crippen LogP contribution in [0, 0.1) is 0 Å². The maximum atomic E-state index is 11.8. The second kappa shape index (κ2) is 7.65. The van der Waals surface area contributed by atoms with Gasteiger partial charge < -0.3 is 15.1 Å². The zero-order valence-electron chi connectivity index (χ0n) is 13.2. The quantitative estimate of drug-likeness (QED) is 0.805. The Morgan fingerprint density at radius 3 is 2.86 bits per heavy atom. The first-order valence-electron chi connectivity index (χ1n) is 7.25. The summed E-state index contributed by atoms with van der Waals surface area (Å²) in [5.41, 5.74) is 1.10. The molecule has 0 radical (unpaired) electrons. The summed E-state index contributed by atoms with van der Waals surface area (Å²) in [6.07, 6.45) is 6.15. The Hall–Kier alpha value is -2.28. The lowest BCUT2D eigenvalue weighted by Gasteiger charge is -2.22. The topological polar surface area (TPSA) is 75.3 Å². The summed E-state index contributed by atoms with van der Waals surface area (Å²) in [6.45, 7) is 1.06. The van der Waals surface area contributed by atoms with Gasteiger partial charge in [0.25, 0.3) is 0 Å². The van der Waals surface area contributed by atoms with E-state index >= 15 is 0 Å². The van der Waals surface area contributed by atoms with Crippen LogP contribution in [0.5, 0.6) is 0 Å². The van der Waals surface area contributed by atoms with Crippen LogP contribution in [-0.4, -0.2) is 47.9 Å². The van der Waals surface area contributed by atoms with Gasteiger partial charge in [0, 0.05) is 26.3 Å². The van der Waals surface area contributed by atoms with Crippen molar-refractivity contribution in [1.29, 1.82) is 0 Å². The van der Waals surface area contributed by atoms with E-state index < -0.39 is 0 Å². The van der Waals surface area contributed by atoms with Crippen LogP contribution in [0.4, 0.5) is 4.79 Å². The van der Waals surface area contributed by atoms with E-state index in [4.69, 9.17) is 4.42 Å². The average molecular weight is 305 g/mol. The molecule has 7 nitrogen and oxygen atoms in total. The number of nitrogens with zero attached hydrogens (tertiary/aromatic N) is 3. The van der Waals surface area contributed by atoms with Crippen molar-refractivity contribution in [2.45, 2.75) is 12.5 Å². The summed E-state index contributed by atoms with van der Waals surface area (Å²) in [5, 5.41) is 9.81. The largest absolute Gasteiger partial charge is 0.468 e. The van der Waals surface area contributed by atoms with Crippen molar-refractivity contribution < 1.29 is 9.21 Å². The number of urea groups is 1. The number of hydrogen-bond donors (Lipinski definition) is 2. The molecule has 0 saturated heterocycles. The van der Waals surface area contributed by atoms with E-state index in [0.29, 0.717) is 13.1 Å². The second-order valence-electron chi connectivity index (χ2n) is 5.40. The highest BCUT2D eigenvalue weighted by Crippen LogP contribution is 2.17. The van der Waals surface area contributed by atoms with E-state index in [1.54, 1.807) is 17.1 Å². The predicted molar refractivity (Wildman–Crippen MR) is 83.4 cm³/mol. The van der Waals surface area contributed by atoms with Gasteiger partial charge in [0.15, 0.2) is 0 Å². The van der Waals surface area contributed by atoms with Crippen LogP contribution in [0.3, 0.4) is 0 Å². The number of carbonyl (C=O) groups is 1. The molecule has 0 aliphatic rings.